The van der Waals surface area contributed by atoms with E-state index in [0.29, 0.717) is 29.4 Å². The fraction of sp³-hybridized carbons (Fsp3) is 0.577. The Morgan fingerprint density at radius 3 is 2.62 bits per heavy atom. The quantitative estimate of drug-likeness (QED) is 0.457. The number of benzene rings is 1. The van der Waals surface area contributed by atoms with E-state index >= 15 is 0 Å². The summed E-state index contributed by atoms with van der Waals surface area (Å²) in [6.07, 6.45) is 7.14. The highest BCUT2D eigenvalue weighted by Crippen LogP contribution is 2.63. The maximum Gasteiger partial charge on any atom is 0.222 e. The van der Waals surface area contributed by atoms with Crippen LogP contribution in [0.4, 0.5) is 11.8 Å². The highest BCUT2D eigenvalue weighted by Gasteiger charge is 2.55. The van der Waals surface area contributed by atoms with Crippen molar-refractivity contribution in [2.24, 2.45) is 16.7 Å². The number of anilines is 2. The molecular formula is C26H33N7O3S. The number of rotatable bonds is 8. The van der Waals surface area contributed by atoms with Gasteiger partial charge in [0.25, 0.3) is 0 Å². The number of hydrogen-bond donors (Lipinski definition) is 2. The van der Waals surface area contributed by atoms with Crippen LogP contribution < -0.4 is 15.8 Å². The lowest BCUT2D eigenvalue weighted by atomic mass is 9.72. The van der Waals surface area contributed by atoms with Crippen LogP contribution in [0.25, 0.3) is 11.0 Å². The molecule has 0 atom stereocenters. The molecule has 11 heteroatoms. The Hall–Kier alpha value is -2.92. The van der Waals surface area contributed by atoms with Gasteiger partial charge in [-0.15, -0.1) is 0 Å². The minimum Gasteiger partial charge on any atom is -0.496 e. The fourth-order valence-corrected chi connectivity index (χ4v) is 9.07. The first-order valence-corrected chi connectivity index (χ1v) is 14.9. The molecule has 10 nitrogen and oxygen atoms in total. The van der Waals surface area contributed by atoms with Gasteiger partial charge in [0.2, 0.25) is 5.95 Å². The molecule has 0 radical (unpaired) electrons. The van der Waals surface area contributed by atoms with Crippen molar-refractivity contribution < 1.29 is 13.2 Å². The van der Waals surface area contributed by atoms with Crippen molar-refractivity contribution in [3.63, 3.8) is 0 Å². The van der Waals surface area contributed by atoms with E-state index in [0.717, 1.165) is 59.9 Å². The third kappa shape index (κ3) is 4.21. The topological polar surface area (TPSA) is 128 Å². The molecule has 2 aliphatic carbocycles. The first-order valence-electron chi connectivity index (χ1n) is 13.0. The summed E-state index contributed by atoms with van der Waals surface area (Å²) in [4.78, 5) is 11.2. The zero-order valence-electron chi connectivity index (χ0n) is 21.1. The standard InChI is InChI=1S/C26H33N7O3S/c1-36-21-6-17(11-32-13-26(14-32)15-37(34,35)16-26)2-3-19(21)12-33-22-20(10-29-33)30-24(27)31-23(22)28-9-18-7-25(8-18)4-5-25/h2-3,6,10,18H,4-5,7-9,11-16H2,1H3,(H3,27,28,30,31). The minimum absolute atomic E-state index is 0.000825. The average Bonchev–Trinajstić information content (AvgIpc) is 3.50. The molecule has 2 saturated heterocycles. The molecule has 1 aromatic carbocycles. The van der Waals surface area contributed by atoms with Gasteiger partial charge in [-0.2, -0.15) is 10.1 Å². The van der Waals surface area contributed by atoms with E-state index in [1.54, 1.807) is 13.3 Å². The molecular weight excluding hydrogens is 490 g/mol. The van der Waals surface area contributed by atoms with Crippen LogP contribution in [-0.4, -0.2) is 71.3 Å². The summed E-state index contributed by atoms with van der Waals surface area (Å²) in [5.74, 6) is 3.15. The predicted molar refractivity (Wildman–Crippen MR) is 141 cm³/mol. The van der Waals surface area contributed by atoms with Gasteiger partial charge >= 0.3 is 0 Å². The molecule has 0 amide bonds. The lowest BCUT2D eigenvalue weighted by Crippen LogP contribution is -2.67. The average molecular weight is 524 g/mol. The third-order valence-corrected chi connectivity index (χ3v) is 10.8. The Balaban J connectivity index is 1.06. The summed E-state index contributed by atoms with van der Waals surface area (Å²) in [7, 11) is -1.11. The van der Waals surface area contributed by atoms with E-state index in [-0.39, 0.29) is 11.4 Å². The van der Waals surface area contributed by atoms with Crippen molar-refractivity contribution in [1.82, 2.24) is 24.6 Å². The smallest absolute Gasteiger partial charge is 0.222 e. The third-order valence-electron chi connectivity index (χ3n) is 8.71. The summed E-state index contributed by atoms with van der Waals surface area (Å²) < 4.78 is 30.8. The molecule has 7 rings (SSSR count). The number of hydrogen-bond acceptors (Lipinski definition) is 9. The first kappa shape index (κ1) is 23.2. The number of sulfone groups is 1. The molecule has 4 fully saturated rings. The van der Waals surface area contributed by atoms with Crippen LogP contribution in [0.15, 0.2) is 24.4 Å². The number of nitrogens with two attached hydrogens (primary N) is 1. The van der Waals surface area contributed by atoms with Crippen LogP contribution in [0.1, 0.15) is 36.8 Å². The number of aromatic nitrogens is 4. The number of nitrogens with zero attached hydrogens (tertiary/aromatic N) is 5. The Labute approximate surface area is 216 Å². The normalized spacial score (nSPS) is 24.4. The summed E-state index contributed by atoms with van der Waals surface area (Å²) in [6.45, 7) is 3.88. The number of fused-ring (bicyclic) bond motifs is 1. The van der Waals surface area contributed by atoms with Gasteiger partial charge in [0.15, 0.2) is 15.7 Å². The first-order chi connectivity index (χ1) is 17.7. The molecule has 2 aliphatic heterocycles. The maximum atomic E-state index is 11.6. The summed E-state index contributed by atoms with van der Waals surface area (Å²) in [6, 6.07) is 6.27. The van der Waals surface area contributed by atoms with Crippen molar-refractivity contribution in [3.8, 4) is 5.75 Å². The van der Waals surface area contributed by atoms with Crippen molar-refractivity contribution in [2.75, 3.05) is 49.3 Å². The summed E-state index contributed by atoms with van der Waals surface area (Å²) in [5, 5.41) is 8.14. The van der Waals surface area contributed by atoms with Gasteiger partial charge in [-0.25, -0.2) is 13.4 Å². The highest BCUT2D eigenvalue weighted by atomic mass is 32.2. The van der Waals surface area contributed by atoms with Gasteiger partial charge in [-0.3, -0.25) is 9.58 Å². The van der Waals surface area contributed by atoms with Crippen molar-refractivity contribution in [1.29, 1.82) is 0 Å². The van der Waals surface area contributed by atoms with Crippen LogP contribution in [0.3, 0.4) is 0 Å². The molecule has 2 saturated carbocycles. The van der Waals surface area contributed by atoms with Crippen LogP contribution in [0.2, 0.25) is 0 Å². The largest absolute Gasteiger partial charge is 0.496 e. The monoisotopic (exact) mass is 523 g/mol. The van der Waals surface area contributed by atoms with E-state index < -0.39 is 9.84 Å². The van der Waals surface area contributed by atoms with Crippen molar-refractivity contribution in [3.05, 3.63) is 35.5 Å². The molecule has 2 spiro atoms. The molecule has 196 valence electrons. The van der Waals surface area contributed by atoms with Crippen LogP contribution >= 0.6 is 0 Å². The van der Waals surface area contributed by atoms with Gasteiger partial charge in [-0.1, -0.05) is 12.1 Å². The van der Waals surface area contributed by atoms with Crippen molar-refractivity contribution >= 4 is 32.6 Å². The zero-order valence-corrected chi connectivity index (χ0v) is 21.9. The van der Waals surface area contributed by atoms with Crippen LogP contribution in [-0.2, 0) is 22.9 Å². The Morgan fingerprint density at radius 2 is 1.92 bits per heavy atom. The second-order valence-corrected chi connectivity index (χ2v) is 14.0. The second kappa shape index (κ2) is 8.04. The van der Waals surface area contributed by atoms with E-state index in [2.05, 4.69) is 43.5 Å². The molecule has 4 heterocycles. The number of nitrogens with one attached hydrogen (secondary N) is 1. The molecule has 4 aliphatic rings. The SMILES string of the molecule is COc1cc(CN2CC3(C2)CS(=O)(=O)C3)ccc1Cn1ncc2nc(N)nc(NCC3CC4(CC4)C3)c21. The lowest BCUT2D eigenvalue weighted by Gasteiger charge is -2.55. The minimum atomic E-state index is -2.79. The predicted octanol–water partition coefficient (Wildman–Crippen LogP) is 2.30. The molecule has 37 heavy (non-hydrogen) atoms. The number of ether oxygens (including phenoxy) is 1. The maximum absolute atomic E-state index is 11.6. The van der Waals surface area contributed by atoms with E-state index in [4.69, 9.17) is 10.5 Å². The molecule has 2 aromatic heterocycles. The Morgan fingerprint density at radius 1 is 1.14 bits per heavy atom. The molecule has 3 aromatic rings. The summed E-state index contributed by atoms with van der Waals surface area (Å²) >= 11 is 0. The van der Waals surface area contributed by atoms with E-state index in [9.17, 15) is 8.42 Å². The second-order valence-electron chi connectivity index (χ2n) is 11.9. The van der Waals surface area contributed by atoms with Crippen LogP contribution in [0.5, 0.6) is 5.75 Å². The number of likely N-dealkylation sites (tertiary alicyclic amines) is 1. The molecule has 3 N–H and O–H groups in total. The van der Waals surface area contributed by atoms with Gasteiger partial charge in [-0.05, 0) is 48.6 Å². The lowest BCUT2D eigenvalue weighted by molar-refractivity contribution is 0.0180. The molecule has 0 bridgehead atoms. The van der Waals surface area contributed by atoms with E-state index in [1.807, 2.05) is 4.68 Å². The van der Waals surface area contributed by atoms with Gasteiger partial charge < -0.3 is 15.8 Å². The van der Waals surface area contributed by atoms with Crippen LogP contribution in [0, 0.1) is 16.7 Å². The van der Waals surface area contributed by atoms with Crippen molar-refractivity contribution in [2.45, 2.75) is 38.8 Å². The highest BCUT2D eigenvalue weighted by molar-refractivity contribution is 7.92. The number of nitrogen functional groups attached to an aromatic ring is 1. The zero-order chi connectivity index (χ0) is 25.4. The van der Waals surface area contributed by atoms with Gasteiger partial charge in [0, 0.05) is 37.2 Å². The van der Waals surface area contributed by atoms with Gasteiger partial charge in [0.05, 0.1) is 31.4 Å². The Kier molecular flexibility index (Phi) is 5.04. The van der Waals surface area contributed by atoms with Gasteiger partial charge in [0.1, 0.15) is 16.8 Å². The van der Waals surface area contributed by atoms with E-state index in [1.165, 1.54) is 25.7 Å². The number of methoxy groups -OCH3 is 1. The summed E-state index contributed by atoms with van der Waals surface area (Å²) in [5.41, 5.74) is 10.4. The Bertz CT molecular complexity index is 1470. The fourth-order valence-electron chi connectivity index (χ4n) is 6.92. The molecule has 0 unspecified atom stereocenters.